The van der Waals surface area contributed by atoms with Crippen molar-refractivity contribution in [2.45, 2.75) is 12.9 Å². The molecule has 0 aliphatic rings. The fourth-order valence-corrected chi connectivity index (χ4v) is 1.58. The van der Waals surface area contributed by atoms with Gasteiger partial charge in [0.2, 0.25) is 5.88 Å². The van der Waals surface area contributed by atoms with E-state index in [1.165, 1.54) is 7.11 Å². The highest BCUT2D eigenvalue weighted by Crippen LogP contribution is 2.31. The number of aromatic nitrogens is 1. The van der Waals surface area contributed by atoms with E-state index in [1.807, 2.05) is 0 Å². The second kappa shape index (κ2) is 5.04. The molecular formula is C8H8F3IN2O2. The predicted molar refractivity (Wildman–Crippen MR) is 58.1 cm³/mol. The van der Waals surface area contributed by atoms with Crippen molar-refractivity contribution in [3.8, 4) is 11.6 Å². The minimum atomic E-state index is -4.75. The molecule has 0 spiro atoms. The summed E-state index contributed by atoms with van der Waals surface area (Å²) in [6.07, 6.45) is -4.75. The molecule has 1 heterocycles. The Hall–Kier alpha value is -0.770. The van der Waals surface area contributed by atoms with Crippen LogP contribution in [0.3, 0.4) is 0 Å². The van der Waals surface area contributed by atoms with Crippen LogP contribution < -0.4 is 15.2 Å². The third-order valence-corrected chi connectivity index (χ3v) is 2.75. The molecule has 4 nitrogen and oxygen atoms in total. The average molecular weight is 348 g/mol. The Morgan fingerprint density at radius 1 is 1.50 bits per heavy atom. The van der Waals surface area contributed by atoms with Gasteiger partial charge in [-0.15, -0.1) is 13.2 Å². The summed E-state index contributed by atoms with van der Waals surface area (Å²) in [5.41, 5.74) is 5.64. The number of ether oxygens (including phenoxy) is 2. The number of halogens is 4. The third-order valence-electron chi connectivity index (χ3n) is 1.60. The summed E-state index contributed by atoms with van der Waals surface area (Å²) in [5.74, 6) is -0.333. The van der Waals surface area contributed by atoms with Gasteiger partial charge in [-0.25, -0.2) is 4.98 Å². The molecule has 90 valence electrons. The summed E-state index contributed by atoms with van der Waals surface area (Å²) in [4.78, 5) is 3.90. The van der Waals surface area contributed by atoms with Crippen LogP contribution in [0.2, 0.25) is 0 Å². The van der Waals surface area contributed by atoms with Gasteiger partial charge in [-0.1, -0.05) is 0 Å². The number of pyridine rings is 1. The minimum absolute atomic E-state index is 0.00366. The van der Waals surface area contributed by atoms with Gasteiger partial charge in [-0.3, -0.25) is 0 Å². The summed E-state index contributed by atoms with van der Waals surface area (Å²) in [7, 11) is 1.30. The van der Waals surface area contributed by atoms with Gasteiger partial charge in [0, 0.05) is 12.6 Å². The number of nitrogens with two attached hydrogens (primary N) is 1. The molecule has 0 atom stereocenters. The molecule has 0 aliphatic carbocycles. The molecule has 8 heteroatoms. The van der Waals surface area contributed by atoms with E-state index >= 15 is 0 Å². The van der Waals surface area contributed by atoms with Crippen molar-refractivity contribution >= 4 is 22.6 Å². The molecule has 0 unspecified atom stereocenters. The van der Waals surface area contributed by atoms with Crippen LogP contribution in [0.25, 0.3) is 0 Å². The van der Waals surface area contributed by atoms with E-state index < -0.39 is 6.36 Å². The molecule has 2 N–H and O–H groups in total. The molecule has 0 fully saturated rings. The first-order valence-corrected chi connectivity index (χ1v) is 5.14. The topological polar surface area (TPSA) is 57.4 Å². The summed E-state index contributed by atoms with van der Waals surface area (Å²) in [5, 5.41) is 0. The molecule has 1 rings (SSSR count). The van der Waals surface area contributed by atoms with E-state index in [-0.39, 0.29) is 21.7 Å². The number of rotatable bonds is 3. The van der Waals surface area contributed by atoms with E-state index in [0.29, 0.717) is 5.69 Å². The van der Waals surface area contributed by atoms with Gasteiger partial charge >= 0.3 is 6.36 Å². The van der Waals surface area contributed by atoms with Crippen LogP contribution in [0.1, 0.15) is 5.69 Å². The van der Waals surface area contributed by atoms with Gasteiger partial charge in [0.1, 0.15) is 5.75 Å². The van der Waals surface area contributed by atoms with Crippen molar-refractivity contribution in [2.24, 2.45) is 5.73 Å². The van der Waals surface area contributed by atoms with Gasteiger partial charge in [-0.05, 0) is 22.6 Å². The van der Waals surface area contributed by atoms with Crippen LogP contribution in [0, 0.1) is 3.57 Å². The second-order valence-electron chi connectivity index (χ2n) is 2.68. The average Bonchev–Trinajstić information content (AvgIpc) is 2.19. The van der Waals surface area contributed by atoms with Crippen LogP contribution >= 0.6 is 22.6 Å². The Bertz CT molecular complexity index is 384. The van der Waals surface area contributed by atoms with Gasteiger partial charge in [-0.2, -0.15) is 0 Å². The zero-order valence-electron chi connectivity index (χ0n) is 8.14. The molecule has 0 radical (unpaired) electrons. The summed E-state index contributed by atoms with van der Waals surface area (Å²) in [6.45, 7) is 0.00366. The standard InChI is InChI=1S/C8H8F3IN2O2/c1-15-6-2-5(16-8(9,10)11)7(12)4(3-13)14-6/h2H,3,13H2,1H3. The molecule has 0 aromatic carbocycles. The van der Waals surface area contributed by atoms with Gasteiger partial charge in [0.05, 0.1) is 16.4 Å². The number of nitrogens with zero attached hydrogens (tertiary/aromatic N) is 1. The Morgan fingerprint density at radius 3 is 2.56 bits per heavy atom. The van der Waals surface area contributed by atoms with Crippen molar-refractivity contribution in [3.05, 3.63) is 15.3 Å². The van der Waals surface area contributed by atoms with Crippen LogP contribution in [-0.2, 0) is 6.54 Å². The Kier molecular flexibility index (Phi) is 4.19. The van der Waals surface area contributed by atoms with E-state index in [4.69, 9.17) is 10.5 Å². The highest BCUT2D eigenvalue weighted by atomic mass is 127. The molecule has 16 heavy (non-hydrogen) atoms. The number of methoxy groups -OCH3 is 1. The van der Waals surface area contributed by atoms with Crippen molar-refractivity contribution in [1.29, 1.82) is 0 Å². The quantitative estimate of drug-likeness (QED) is 0.850. The van der Waals surface area contributed by atoms with E-state index in [9.17, 15) is 13.2 Å². The van der Waals surface area contributed by atoms with Crippen LogP contribution in [0.5, 0.6) is 11.6 Å². The monoisotopic (exact) mass is 348 g/mol. The molecule has 0 aliphatic heterocycles. The van der Waals surface area contributed by atoms with Crippen molar-refractivity contribution < 1.29 is 22.6 Å². The van der Waals surface area contributed by atoms with Crippen molar-refractivity contribution in [1.82, 2.24) is 4.98 Å². The van der Waals surface area contributed by atoms with E-state index in [2.05, 4.69) is 9.72 Å². The smallest absolute Gasteiger partial charge is 0.481 e. The SMILES string of the molecule is COc1cc(OC(F)(F)F)c(I)c(CN)n1. The lowest BCUT2D eigenvalue weighted by atomic mass is 10.3. The Morgan fingerprint density at radius 2 is 2.12 bits per heavy atom. The lowest BCUT2D eigenvalue weighted by molar-refractivity contribution is -0.275. The van der Waals surface area contributed by atoms with Crippen molar-refractivity contribution in [2.75, 3.05) is 7.11 Å². The summed E-state index contributed by atoms with van der Waals surface area (Å²) in [6, 6.07) is 1.06. The zero-order valence-corrected chi connectivity index (χ0v) is 10.3. The maximum absolute atomic E-state index is 12.1. The number of hydrogen-bond acceptors (Lipinski definition) is 4. The first-order valence-electron chi connectivity index (χ1n) is 4.06. The van der Waals surface area contributed by atoms with E-state index in [0.717, 1.165) is 6.07 Å². The molecular weight excluding hydrogens is 340 g/mol. The van der Waals surface area contributed by atoms with Crippen LogP contribution in [0.15, 0.2) is 6.07 Å². The fourth-order valence-electron chi connectivity index (χ4n) is 0.971. The molecule has 0 saturated carbocycles. The molecule has 1 aromatic heterocycles. The van der Waals surface area contributed by atoms with Gasteiger partial charge in [0.25, 0.3) is 0 Å². The minimum Gasteiger partial charge on any atom is -0.481 e. The maximum atomic E-state index is 12.1. The number of hydrogen-bond donors (Lipinski definition) is 1. The number of alkyl halides is 3. The fraction of sp³-hybridized carbons (Fsp3) is 0.375. The predicted octanol–water partition coefficient (Wildman–Crippen LogP) is 2.05. The van der Waals surface area contributed by atoms with Gasteiger partial charge < -0.3 is 15.2 Å². The molecule has 0 bridgehead atoms. The largest absolute Gasteiger partial charge is 0.573 e. The Labute approximate surface area is 103 Å². The normalized spacial score (nSPS) is 11.4. The molecule has 1 aromatic rings. The van der Waals surface area contributed by atoms with Crippen molar-refractivity contribution in [3.63, 3.8) is 0 Å². The van der Waals surface area contributed by atoms with Crippen LogP contribution in [0.4, 0.5) is 13.2 Å². The van der Waals surface area contributed by atoms with Crippen LogP contribution in [-0.4, -0.2) is 18.5 Å². The maximum Gasteiger partial charge on any atom is 0.573 e. The zero-order chi connectivity index (χ0) is 12.3. The highest BCUT2D eigenvalue weighted by Gasteiger charge is 2.32. The third kappa shape index (κ3) is 3.37. The second-order valence-corrected chi connectivity index (χ2v) is 3.75. The first kappa shape index (κ1) is 13.3. The highest BCUT2D eigenvalue weighted by molar-refractivity contribution is 14.1. The lowest BCUT2D eigenvalue weighted by Crippen LogP contribution is -2.19. The van der Waals surface area contributed by atoms with Gasteiger partial charge in [0.15, 0.2) is 0 Å². The summed E-state index contributed by atoms with van der Waals surface area (Å²) < 4.78 is 45.0. The first-order chi connectivity index (χ1) is 7.37. The van der Waals surface area contributed by atoms with E-state index in [1.54, 1.807) is 22.6 Å². The lowest BCUT2D eigenvalue weighted by Gasteiger charge is -2.13. The Balaban J connectivity index is 3.16. The molecule has 0 amide bonds. The molecule has 0 saturated heterocycles. The summed E-state index contributed by atoms with van der Waals surface area (Å²) >= 11 is 1.69.